The first-order valence-electron chi connectivity index (χ1n) is 37.7. The number of rotatable bonds is 69. The summed E-state index contributed by atoms with van der Waals surface area (Å²) in [5.41, 5.74) is 0. The number of quaternary nitrogens is 1. The molecule has 522 valence electrons. The molecule has 0 aromatic heterocycles. The van der Waals surface area contributed by atoms with Crippen molar-refractivity contribution in [2.45, 2.75) is 334 Å². The fourth-order valence-electron chi connectivity index (χ4n) is 10.5. The van der Waals surface area contributed by atoms with Crippen LogP contribution in [0, 0.1) is 0 Å². The molecular formula is C82H142NO8+. The van der Waals surface area contributed by atoms with Gasteiger partial charge in [-0.3, -0.25) is 9.59 Å². The molecule has 0 bridgehead atoms. The molecule has 0 amide bonds. The van der Waals surface area contributed by atoms with Gasteiger partial charge >= 0.3 is 17.9 Å². The number of carbonyl (C=O) groups is 3. The molecule has 0 aromatic carbocycles. The van der Waals surface area contributed by atoms with E-state index < -0.39 is 24.3 Å². The van der Waals surface area contributed by atoms with Crippen molar-refractivity contribution < 1.29 is 42.9 Å². The first-order valence-corrected chi connectivity index (χ1v) is 37.7. The zero-order valence-electron chi connectivity index (χ0n) is 59.7. The number of ether oxygens (including phenoxy) is 4. The van der Waals surface area contributed by atoms with E-state index in [-0.39, 0.29) is 32.2 Å². The van der Waals surface area contributed by atoms with Crippen molar-refractivity contribution in [2.24, 2.45) is 0 Å². The van der Waals surface area contributed by atoms with Crippen LogP contribution >= 0.6 is 0 Å². The van der Waals surface area contributed by atoms with Gasteiger partial charge < -0.3 is 28.5 Å². The van der Waals surface area contributed by atoms with Crippen LogP contribution < -0.4 is 0 Å². The average molecular weight is 1270 g/mol. The highest BCUT2D eigenvalue weighted by atomic mass is 16.7. The lowest BCUT2D eigenvalue weighted by Gasteiger charge is -2.25. The second-order valence-corrected chi connectivity index (χ2v) is 26.2. The molecule has 9 heteroatoms. The number of nitrogens with zero attached hydrogens (tertiary/aromatic N) is 1. The van der Waals surface area contributed by atoms with E-state index in [1.165, 1.54) is 180 Å². The van der Waals surface area contributed by atoms with Crippen LogP contribution in [0.25, 0.3) is 0 Å². The normalized spacial score (nSPS) is 13.4. The molecule has 1 N–H and O–H groups in total. The van der Waals surface area contributed by atoms with Gasteiger partial charge in [0.15, 0.2) is 6.10 Å². The molecule has 2 atom stereocenters. The molecule has 0 aliphatic carbocycles. The van der Waals surface area contributed by atoms with Gasteiger partial charge in [-0.2, -0.15) is 0 Å². The third kappa shape index (κ3) is 73.0. The fourth-order valence-corrected chi connectivity index (χ4v) is 10.5. The van der Waals surface area contributed by atoms with Crippen molar-refractivity contribution in [1.29, 1.82) is 0 Å². The van der Waals surface area contributed by atoms with E-state index in [1.54, 1.807) is 0 Å². The standard InChI is InChI=1S/C82H141NO8/c1-6-8-10-12-14-16-18-20-22-24-26-28-30-32-34-35-36-37-38-39-40-41-42-43-44-45-47-48-50-52-54-56-58-60-62-64-66-68-70-72-79(84)89-76-78(77-90-82(81(86)87)88-75-74-83(3,4)5)91-80(85)73-71-69-67-65-63-61-59-57-55-53-51-49-46-33-31-29-27-25-23-21-19-17-15-13-11-9-7-2/h8-11,14-17,20-23,26-29,33,46,51,53,78,82H,6-7,12-13,18-19,24-25,30-32,34-45,47-50,52,54-77H2,1-5H3/p+1/b10-8-,11-9-,16-14-,17-15-,22-20-,23-21-,28-26-,29-27-,46-33-,53-51-. The SMILES string of the molecule is CC/C=C\C/C=C\C/C=C\C/C=C\C/C=C\C/C=C\CCCCCCCCCCC(=O)OC(COC(=O)CCCCCCCCCCCCCCCCCCCCCCCCCCCC/C=C\C/C=C\C/C=C\C/C=C\CC)COC(OCC[N+](C)(C)C)C(=O)O. The van der Waals surface area contributed by atoms with Gasteiger partial charge in [-0.25, -0.2) is 4.79 Å². The van der Waals surface area contributed by atoms with Crippen molar-refractivity contribution in [3.05, 3.63) is 122 Å². The third-order valence-corrected chi connectivity index (χ3v) is 16.2. The molecule has 0 saturated heterocycles. The van der Waals surface area contributed by atoms with E-state index in [0.717, 1.165) is 109 Å². The molecule has 9 nitrogen and oxygen atoms in total. The van der Waals surface area contributed by atoms with Gasteiger partial charge in [-0.05, 0) is 103 Å². The van der Waals surface area contributed by atoms with Crippen LogP contribution in [0.5, 0.6) is 0 Å². The largest absolute Gasteiger partial charge is 0.477 e. The Kier molecular flexibility index (Phi) is 68.1. The molecule has 2 unspecified atom stereocenters. The van der Waals surface area contributed by atoms with Crippen molar-refractivity contribution in [1.82, 2.24) is 0 Å². The number of likely N-dealkylation sites (N-methyl/N-ethyl adjacent to an activating group) is 1. The summed E-state index contributed by atoms with van der Waals surface area (Å²) in [4.78, 5) is 37.7. The van der Waals surface area contributed by atoms with Crippen molar-refractivity contribution in [3.63, 3.8) is 0 Å². The zero-order valence-corrected chi connectivity index (χ0v) is 59.7. The Bertz CT molecular complexity index is 1910. The molecule has 0 saturated carbocycles. The van der Waals surface area contributed by atoms with Crippen molar-refractivity contribution in [3.8, 4) is 0 Å². The van der Waals surface area contributed by atoms with Gasteiger partial charge in [-0.1, -0.05) is 328 Å². The smallest absolute Gasteiger partial charge is 0.361 e. The highest BCUT2D eigenvalue weighted by Gasteiger charge is 2.25. The Morgan fingerprint density at radius 3 is 0.879 bits per heavy atom. The number of esters is 2. The monoisotopic (exact) mass is 1270 g/mol. The maximum Gasteiger partial charge on any atom is 0.361 e. The number of carboxylic acid groups (broad SMARTS) is 1. The molecule has 0 heterocycles. The quantitative estimate of drug-likeness (QED) is 0.0211. The van der Waals surface area contributed by atoms with Crippen LogP contribution in [-0.4, -0.2) is 87.4 Å². The minimum atomic E-state index is -1.52. The van der Waals surface area contributed by atoms with Crippen LogP contribution in [0.2, 0.25) is 0 Å². The van der Waals surface area contributed by atoms with E-state index in [4.69, 9.17) is 18.9 Å². The van der Waals surface area contributed by atoms with E-state index in [1.807, 2.05) is 21.1 Å². The first kappa shape index (κ1) is 86.7. The Balaban J connectivity index is 4.03. The third-order valence-electron chi connectivity index (χ3n) is 16.2. The summed E-state index contributed by atoms with van der Waals surface area (Å²) >= 11 is 0. The zero-order chi connectivity index (χ0) is 66.1. The Morgan fingerprint density at radius 1 is 0.330 bits per heavy atom. The highest BCUT2D eigenvalue weighted by molar-refractivity contribution is 5.71. The van der Waals surface area contributed by atoms with Gasteiger partial charge in [0.1, 0.15) is 13.2 Å². The summed E-state index contributed by atoms with van der Waals surface area (Å²) in [6, 6.07) is 0. The van der Waals surface area contributed by atoms with E-state index in [2.05, 4.69) is 135 Å². The number of allylic oxidation sites excluding steroid dienone is 20. The Hall–Kier alpha value is -4.31. The summed E-state index contributed by atoms with van der Waals surface area (Å²) in [6.07, 6.45) is 99.1. The van der Waals surface area contributed by atoms with Gasteiger partial charge in [0.2, 0.25) is 0 Å². The number of hydrogen-bond donors (Lipinski definition) is 1. The number of aliphatic carboxylic acids is 1. The number of unbranched alkanes of at least 4 members (excludes halogenated alkanes) is 34. The van der Waals surface area contributed by atoms with Crippen LogP contribution in [0.1, 0.15) is 322 Å². The molecule has 0 aromatic rings. The molecule has 0 aliphatic rings. The van der Waals surface area contributed by atoms with E-state index in [0.29, 0.717) is 23.9 Å². The lowest BCUT2D eigenvalue weighted by Crippen LogP contribution is -2.40. The summed E-state index contributed by atoms with van der Waals surface area (Å²) in [5, 5.41) is 9.76. The minimum absolute atomic E-state index is 0.182. The molecule has 0 radical (unpaired) electrons. The average Bonchev–Trinajstić information content (AvgIpc) is 3.46. The molecule has 0 spiro atoms. The lowest BCUT2D eigenvalue weighted by atomic mass is 10.0. The molecule has 0 aliphatic heterocycles. The molecule has 91 heavy (non-hydrogen) atoms. The Labute approximate surface area is 561 Å². The number of carboxylic acids is 1. The molecule has 0 fully saturated rings. The summed E-state index contributed by atoms with van der Waals surface area (Å²) in [5.74, 6) is -2.01. The van der Waals surface area contributed by atoms with E-state index >= 15 is 0 Å². The molecule has 0 rings (SSSR count). The first-order chi connectivity index (χ1) is 44.6. The predicted molar refractivity (Wildman–Crippen MR) is 391 cm³/mol. The van der Waals surface area contributed by atoms with Crippen molar-refractivity contribution >= 4 is 17.9 Å². The van der Waals surface area contributed by atoms with E-state index in [9.17, 15) is 19.5 Å². The maximum absolute atomic E-state index is 13.0. The minimum Gasteiger partial charge on any atom is -0.477 e. The van der Waals surface area contributed by atoms with Gasteiger partial charge in [0.25, 0.3) is 6.29 Å². The summed E-state index contributed by atoms with van der Waals surface area (Å²) < 4.78 is 23.0. The van der Waals surface area contributed by atoms with Gasteiger partial charge in [-0.15, -0.1) is 0 Å². The maximum atomic E-state index is 13.0. The van der Waals surface area contributed by atoms with Crippen LogP contribution in [0.15, 0.2) is 122 Å². The second kappa shape index (κ2) is 71.5. The fraction of sp³-hybridized carbons (Fsp3) is 0.720. The predicted octanol–water partition coefficient (Wildman–Crippen LogP) is 23.9. The molecular weight excluding hydrogens is 1130 g/mol. The van der Waals surface area contributed by atoms with Gasteiger partial charge in [0, 0.05) is 12.8 Å². The number of carbonyl (C=O) groups excluding carboxylic acids is 2. The summed E-state index contributed by atoms with van der Waals surface area (Å²) in [7, 11) is 5.98. The van der Waals surface area contributed by atoms with Crippen LogP contribution in [-0.2, 0) is 33.3 Å². The van der Waals surface area contributed by atoms with Gasteiger partial charge in [0.05, 0.1) is 34.4 Å². The van der Waals surface area contributed by atoms with Crippen molar-refractivity contribution in [2.75, 3.05) is 47.5 Å². The topological polar surface area (TPSA) is 108 Å². The van der Waals surface area contributed by atoms with Crippen LogP contribution in [0.3, 0.4) is 0 Å². The summed E-state index contributed by atoms with van der Waals surface area (Å²) in [6.45, 7) is 4.67. The highest BCUT2D eigenvalue weighted by Crippen LogP contribution is 2.18. The number of hydrogen-bond acceptors (Lipinski definition) is 7. The Morgan fingerprint density at radius 2 is 0.593 bits per heavy atom. The van der Waals surface area contributed by atoms with Crippen LogP contribution in [0.4, 0.5) is 0 Å². The second-order valence-electron chi connectivity index (χ2n) is 26.2. The lowest BCUT2D eigenvalue weighted by molar-refractivity contribution is -0.870.